The second kappa shape index (κ2) is 6.93. The van der Waals surface area contributed by atoms with Crippen LogP contribution in [0.3, 0.4) is 0 Å². The lowest BCUT2D eigenvalue weighted by molar-refractivity contribution is 0.0717. The van der Waals surface area contributed by atoms with Crippen molar-refractivity contribution in [2.24, 2.45) is 5.92 Å². The third-order valence-electron chi connectivity index (χ3n) is 3.93. The number of piperidine rings is 1. The van der Waals surface area contributed by atoms with Crippen molar-refractivity contribution in [2.45, 2.75) is 40.0 Å². The topological polar surface area (TPSA) is 45.5 Å². The molecule has 1 fully saturated rings. The number of nitrogens with zero attached hydrogens (tertiary/aromatic N) is 1. The average molecular weight is 278 g/mol. The van der Waals surface area contributed by atoms with Gasteiger partial charge in [0.25, 0.3) is 5.91 Å². The van der Waals surface area contributed by atoms with Crippen LogP contribution in [0.25, 0.3) is 0 Å². The number of hydrogen-bond acceptors (Lipinski definition) is 3. The van der Waals surface area contributed by atoms with Gasteiger partial charge in [0, 0.05) is 13.1 Å². The highest BCUT2D eigenvalue weighted by Crippen LogP contribution is 2.19. The van der Waals surface area contributed by atoms with E-state index in [1.165, 1.54) is 12.8 Å². The normalized spacial score (nSPS) is 19.1. The molecule has 0 radical (unpaired) electrons. The van der Waals surface area contributed by atoms with Gasteiger partial charge in [0.15, 0.2) is 0 Å². The van der Waals surface area contributed by atoms with Gasteiger partial charge in [-0.1, -0.05) is 6.92 Å². The standard InChI is InChI=1S/C16H26N2O2/c1-4-8-18(11-14-6-5-7-17-10-14)16(19)15-9-12(2)20-13(15)3/h9,14,17H,4-8,10-11H2,1-3H3. The SMILES string of the molecule is CCCN(CC1CCCNC1)C(=O)c1cc(C)oc1C. The first-order valence-electron chi connectivity index (χ1n) is 7.68. The highest BCUT2D eigenvalue weighted by atomic mass is 16.3. The van der Waals surface area contributed by atoms with E-state index >= 15 is 0 Å². The van der Waals surface area contributed by atoms with E-state index in [1.807, 2.05) is 24.8 Å². The zero-order valence-corrected chi connectivity index (χ0v) is 12.9. The van der Waals surface area contributed by atoms with E-state index < -0.39 is 0 Å². The number of hydrogen-bond donors (Lipinski definition) is 1. The van der Waals surface area contributed by atoms with Crippen molar-refractivity contribution < 1.29 is 9.21 Å². The Kier molecular flexibility index (Phi) is 5.24. The fourth-order valence-electron chi connectivity index (χ4n) is 2.95. The Bertz CT molecular complexity index is 447. The van der Waals surface area contributed by atoms with Crippen LogP contribution in [0.15, 0.2) is 10.5 Å². The monoisotopic (exact) mass is 278 g/mol. The Morgan fingerprint density at radius 2 is 2.30 bits per heavy atom. The summed E-state index contributed by atoms with van der Waals surface area (Å²) < 4.78 is 5.49. The molecule has 4 nitrogen and oxygen atoms in total. The number of rotatable bonds is 5. The molecule has 2 rings (SSSR count). The van der Waals surface area contributed by atoms with E-state index in [0.717, 1.165) is 49.7 Å². The van der Waals surface area contributed by atoms with Crippen LogP contribution in [-0.4, -0.2) is 37.0 Å². The molecular weight excluding hydrogens is 252 g/mol. The number of amides is 1. The molecule has 1 atom stereocenters. The molecule has 2 heterocycles. The average Bonchev–Trinajstić information content (AvgIpc) is 2.77. The zero-order valence-electron chi connectivity index (χ0n) is 12.9. The fourth-order valence-corrected chi connectivity index (χ4v) is 2.95. The number of aryl methyl sites for hydroxylation is 2. The first kappa shape index (κ1) is 15.1. The molecule has 0 saturated carbocycles. The van der Waals surface area contributed by atoms with Crippen molar-refractivity contribution in [3.63, 3.8) is 0 Å². The summed E-state index contributed by atoms with van der Waals surface area (Å²) in [6, 6.07) is 1.86. The maximum atomic E-state index is 12.7. The molecule has 20 heavy (non-hydrogen) atoms. The fraction of sp³-hybridized carbons (Fsp3) is 0.688. The molecular formula is C16H26N2O2. The molecule has 1 saturated heterocycles. The first-order chi connectivity index (χ1) is 9.61. The van der Waals surface area contributed by atoms with Crippen molar-refractivity contribution in [2.75, 3.05) is 26.2 Å². The second-order valence-corrected chi connectivity index (χ2v) is 5.79. The summed E-state index contributed by atoms with van der Waals surface area (Å²) in [6.07, 6.45) is 3.41. The molecule has 0 bridgehead atoms. The van der Waals surface area contributed by atoms with Crippen LogP contribution in [0.2, 0.25) is 0 Å². The minimum absolute atomic E-state index is 0.117. The van der Waals surface area contributed by atoms with Crippen molar-refractivity contribution >= 4 is 5.91 Å². The van der Waals surface area contributed by atoms with E-state index in [4.69, 9.17) is 4.42 Å². The van der Waals surface area contributed by atoms with E-state index in [0.29, 0.717) is 5.92 Å². The van der Waals surface area contributed by atoms with E-state index in [-0.39, 0.29) is 5.91 Å². The Hall–Kier alpha value is -1.29. The highest BCUT2D eigenvalue weighted by molar-refractivity contribution is 5.95. The minimum Gasteiger partial charge on any atom is -0.466 e. The largest absolute Gasteiger partial charge is 0.466 e. The molecule has 0 aliphatic carbocycles. The maximum Gasteiger partial charge on any atom is 0.257 e. The highest BCUT2D eigenvalue weighted by Gasteiger charge is 2.23. The van der Waals surface area contributed by atoms with Crippen LogP contribution in [0.5, 0.6) is 0 Å². The van der Waals surface area contributed by atoms with Gasteiger partial charge in [-0.2, -0.15) is 0 Å². The van der Waals surface area contributed by atoms with Gasteiger partial charge in [0.05, 0.1) is 5.56 Å². The van der Waals surface area contributed by atoms with E-state index in [1.54, 1.807) is 0 Å². The Morgan fingerprint density at radius 1 is 1.50 bits per heavy atom. The molecule has 1 aromatic rings. The lowest BCUT2D eigenvalue weighted by atomic mass is 9.98. The second-order valence-electron chi connectivity index (χ2n) is 5.79. The van der Waals surface area contributed by atoms with Crippen LogP contribution in [0.1, 0.15) is 48.1 Å². The minimum atomic E-state index is 0.117. The van der Waals surface area contributed by atoms with Gasteiger partial charge >= 0.3 is 0 Å². The third-order valence-corrected chi connectivity index (χ3v) is 3.93. The summed E-state index contributed by atoms with van der Waals surface area (Å²) >= 11 is 0. The zero-order chi connectivity index (χ0) is 14.5. The van der Waals surface area contributed by atoms with Gasteiger partial charge in [-0.25, -0.2) is 0 Å². The molecule has 1 aliphatic rings. The molecule has 4 heteroatoms. The van der Waals surface area contributed by atoms with Crippen LogP contribution in [0.4, 0.5) is 0 Å². The quantitative estimate of drug-likeness (QED) is 0.901. The number of furan rings is 1. The van der Waals surface area contributed by atoms with Crippen molar-refractivity contribution in [1.29, 1.82) is 0 Å². The molecule has 1 amide bonds. The molecule has 1 unspecified atom stereocenters. The third kappa shape index (κ3) is 3.63. The molecule has 0 spiro atoms. The Morgan fingerprint density at radius 3 is 2.85 bits per heavy atom. The predicted molar refractivity (Wildman–Crippen MR) is 80.0 cm³/mol. The summed E-state index contributed by atoms with van der Waals surface area (Å²) in [5.41, 5.74) is 0.722. The summed E-state index contributed by atoms with van der Waals surface area (Å²) in [5, 5.41) is 3.42. The number of carbonyl (C=O) groups excluding carboxylic acids is 1. The van der Waals surface area contributed by atoms with E-state index in [9.17, 15) is 4.79 Å². The van der Waals surface area contributed by atoms with Gasteiger partial charge in [-0.15, -0.1) is 0 Å². The van der Waals surface area contributed by atoms with E-state index in [2.05, 4.69) is 12.2 Å². The predicted octanol–water partition coefficient (Wildman–Crippen LogP) is 2.75. The molecule has 1 aromatic heterocycles. The molecule has 1 N–H and O–H groups in total. The van der Waals surface area contributed by atoms with Crippen LogP contribution in [0, 0.1) is 19.8 Å². The van der Waals surface area contributed by atoms with Gasteiger partial charge in [-0.05, 0) is 58.2 Å². The van der Waals surface area contributed by atoms with Crippen molar-refractivity contribution in [3.8, 4) is 0 Å². The summed E-state index contributed by atoms with van der Waals surface area (Å²) in [6.45, 7) is 9.68. The number of nitrogens with one attached hydrogen (secondary N) is 1. The summed E-state index contributed by atoms with van der Waals surface area (Å²) in [5.74, 6) is 2.23. The van der Waals surface area contributed by atoms with Crippen LogP contribution < -0.4 is 5.32 Å². The Balaban J connectivity index is 2.06. The maximum absolute atomic E-state index is 12.7. The van der Waals surface area contributed by atoms with Crippen molar-refractivity contribution in [3.05, 3.63) is 23.2 Å². The molecule has 0 aromatic carbocycles. The Labute approximate surface area is 121 Å². The summed E-state index contributed by atoms with van der Waals surface area (Å²) in [7, 11) is 0. The van der Waals surface area contributed by atoms with Crippen LogP contribution >= 0.6 is 0 Å². The first-order valence-corrected chi connectivity index (χ1v) is 7.68. The molecule has 1 aliphatic heterocycles. The van der Waals surface area contributed by atoms with Crippen molar-refractivity contribution in [1.82, 2.24) is 10.2 Å². The van der Waals surface area contributed by atoms with Gasteiger partial charge in [0.2, 0.25) is 0 Å². The van der Waals surface area contributed by atoms with Crippen LogP contribution in [-0.2, 0) is 0 Å². The van der Waals surface area contributed by atoms with Gasteiger partial charge < -0.3 is 14.6 Å². The van der Waals surface area contributed by atoms with Gasteiger partial charge in [-0.3, -0.25) is 4.79 Å². The number of carbonyl (C=O) groups is 1. The van der Waals surface area contributed by atoms with Gasteiger partial charge in [0.1, 0.15) is 11.5 Å². The molecule has 112 valence electrons. The summed E-state index contributed by atoms with van der Waals surface area (Å²) in [4.78, 5) is 14.7. The lowest BCUT2D eigenvalue weighted by Crippen LogP contribution is -2.41. The smallest absolute Gasteiger partial charge is 0.257 e. The lowest BCUT2D eigenvalue weighted by Gasteiger charge is -2.30.